The number of likely N-dealkylation sites (N-methyl/N-ethyl adjacent to an activating group) is 1. The average Bonchev–Trinajstić information content (AvgIpc) is 3.34. The number of ether oxygens (including phenoxy) is 1. The zero-order valence-corrected chi connectivity index (χ0v) is 13.9. The van der Waals surface area contributed by atoms with Crippen LogP contribution in [0.4, 0.5) is 0 Å². The Bertz CT molecular complexity index is 414. The Morgan fingerprint density at radius 3 is 2.48 bits per heavy atom. The fourth-order valence-electron chi connectivity index (χ4n) is 2.52. The van der Waals surface area contributed by atoms with Crippen molar-refractivity contribution in [1.29, 1.82) is 0 Å². The third-order valence-electron chi connectivity index (χ3n) is 4.39. The van der Waals surface area contributed by atoms with Gasteiger partial charge in [-0.25, -0.2) is 0 Å². The molecule has 3 heteroatoms. The van der Waals surface area contributed by atoms with E-state index in [2.05, 4.69) is 62.3 Å². The molecule has 0 amide bonds. The highest BCUT2D eigenvalue weighted by Crippen LogP contribution is 2.27. The van der Waals surface area contributed by atoms with E-state index in [4.69, 9.17) is 4.74 Å². The monoisotopic (exact) mass is 290 g/mol. The quantitative estimate of drug-likeness (QED) is 0.752. The van der Waals surface area contributed by atoms with Gasteiger partial charge in [0.2, 0.25) is 0 Å². The van der Waals surface area contributed by atoms with Gasteiger partial charge >= 0.3 is 0 Å². The van der Waals surface area contributed by atoms with E-state index in [-0.39, 0.29) is 0 Å². The summed E-state index contributed by atoms with van der Waals surface area (Å²) in [5, 5.41) is 3.64. The zero-order valence-electron chi connectivity index (χ0n) is 13.9. The number of nitrogens with zero attached hydrogens (tertiary/aromatic N) is 1. The molecular weight excluding hydrogens is 260 g/mol. The molecule has 0 bridgehead atoms. The van der Waals surface area contributed by atoms with Crippen LogP contribution >= 0.6 is 0 Å². The molecule has 0 aliphatic heterocycles. The Hall–Kier alpha value is -1.06. The summed E-state index contributed by atoms with van der Waals surface area (Å²) in [7, 11) is 2.24. The van der Waals surface area contributed by atoms with Crippen molar-refractivity contribution in [3.8, 4) is 5.75 Å². The summed E-state index contributed by atoms with van der Waals surface area (Å²) >= 11 is 0. The van der Waals surface area contributed by atoms with Gasteiger partial charge in [-0.3, -0.25) is 4.90 Å². The molecule has 2 rings (SSSR count). The van der Waals surface area contributed by atoms with Crippen molar-refractivity contribution in [1.82, 2.24) is 10.2 Å². The lowest BCUT2D eigenvalue weighted by molar-refractivity contribution is 0.237. The normalized spacial score (nSPS) is 17.8. The molecule has 1 aliphatic rings. The van der Waals surface area contributed by atoms with Crippen LogP contribution in [0, 0.1) is 0 Å². The molecule has 0 radical (unpaired) electrons. The van der Waals surface area contributed by atoms with Crippen molar-refractivity contribution >= 4 is 0 Å². The fourth-order valence-corrected chi connectivity index (χ4v) is 2.52. The van der Waals surface area contributed by atoms with Crippen LogP contribution in [0.1, 0.15) is 51.6 Å². The predicted molar refractivity (Wildman–Crippen MR) is 88.9 cm³/mol. The second kappa shape index (κ2) is 7.81. The van der Waals surface area contributed by atoms with Crippen molar-refractivity contribution in [2.24, 2.45) is 0 Å². The lowest BCUT2D eigenvalue weighted by atomic mass is 10.1. The number of nitrogens with one attached hydrogen (secondary N) is 1. The summed E-state index contributed by atoms with van der Waals surface area (Å²) in [6, 6.07) is 10.3. The molecule has 1 N–H and O–H groups in total. The molecule has 1 aliphatic carbocycles. The standard InChI is InChI=1S/C18H30N2O/c1-5-12-21-18-10-6-16(7-11-18)15(3)19-13-14(2)20(4)17-8-9-17/h6-7,10-11,14-15,17,19H,5,8-9,12-13H2,1-4H3. The maximum atomic E-state index is 5.63. The van der Waals surface area contributed by atoms with Gasteiger partial charge in [0.1, 0.15) is 5.75 Å². The van der Waals surface area contributed by atoms with Gasteiger partial charge in [-0.05, 0) is 57.9 Å². The van der Waals surface area contributed by atoms with Crippen molar-refractivity contribution in [3.05, 3.63) is 29.8 Å². The first-order chi connectivity index (χ1) is 10.1. The molecule has 118 valence electrons. The van der Waals surface area contributed by atoms with Gasteiger partial charge < -0.3 is 10.1 Å². The van der Waals surface area contributed by atoms with Gasteiger partial charge in [-0.1, -0.05) is 19.1 Å². The SMILES string of the molecule is CCCOc1ccc(C(C)NCC(C)N(C)C2CC2)cc1. The van der Waals surface area contributed by atoms with Gasteiger partial charge in [0.15, 0.2) is 0 Å². The molecule has 0 heterocycles. The summed E-state index contributed by atoms with van der Waals surface area (Å²) < 4.78 is 5.63. The fraction of sp³-hybridized carbons (Fsp3) is 0.667. The van der Waals surface area contributed by atoms with E-state index < -0.39 is 0 Å². The minimum Gasteiger partial charge on any atom is -0.494 e. The molecule has 2 unspecified atom stereocenters. The third kappa shape index (κ3) is 5.01. The maximum absolute atomic E-state index is 5.63. The molecule has 1 aromatic rings. The smallest absolute Gasteiger partial charge is 0.119 e. The maximum Gasteiger partial charge on any atom is 0.119 e. The van der Waals surface area contributed by atoms with Crippen LogP contribution in [-0.4, -0.2) is 37.2 Å². The molecule has 0 aromatic heterocycles. The van der Waals surface area contributed by atoms with Gasteiger partial charge in [0, 0.05) is 24.7 Å². The molecule has 0 spiro atoms. The third-order valence-corrected chi connectivity index (χ3v) is 4.39. The van der Waals surface area contributed by atoms with E-state index >= 15 is 0 Å². The first-order valence-corrected chi connectivity index (χ1v) is 8.30. The highest BCUT2D eigenvalue weighted by molar-refractivity contribution is 5.28. The first kappa shape index (κ1) is 16.3. The molecule has 1 aromatic carbocycles. The summed E-state index contributed by atoms with van der Waals surface area (Å²) in [6.07, 6.45) is 3.79. The molecular formula is C18H30N2O. The van der Waals surface area contributed by atoms with Crippen molar-refractivity contribution in [2.75, 3.05) is 20.2 Å². The Morgan fingerprint density at radius 2 is 1.90 bits per heavy atom. The van der Waals surface area contributed by atoms with Crippen LogP contribution < -0.4 is 10.1 Å². The second-order valence-electron chi connectivity index (χ2n) is 6.29. The van der Waals surface area contributed by atoms with E-state index in [0.29, 0.717) is 12.1 Å². The Kier molecular flexibility index (Phi) is 6.07. The minimum atomic E-state index is 0.375. The minimum absolute atomic E-state index is 0.375. The summed E-state index contributed by atoms with van der Waals surface area (Å²) in [5.74, 6) is 0.967. The van der Waals surface area contributed by atoms with Crippen molar-refractivity contribution < 1.29 is 4.74 Å². The van der Waals surface area contributed by atoms with Crippen molar-refractivity contribution in [3.63, 3.8) is 0 Å². The van der Waals surface area contributed by atoms with Crippen LogP contribution in [0.25, 0.3) is 0 Å². The number of benzene rings is 1. The number of hydrogen-bond acceptors (Lipinski definition) is 3. The van der Waals surface area contributed by atoms with Crippen LogP contribution in [0.5, 0.6) is 5.75 Å². The summed E-state index contributed by atoms with van der Waals surface area (Å²) in [4.78, 5) is 2.50. The van der Waals surface area contributed by atoms with Crippen LogP contribution in [0.3, 0.4) is 0 Å². The molecule has 2 atom stereocenters. The lowest BCUT2D eigenvalue weighted by Gasteiger charge is -2.26. The lowest BCUT2D eigenvalue weighted by Crippen LogP contribution is -2.39. The van der Waals surface area contributed by atoms with Crippen LogP contribution in [-0.2, 0) is 0 Å². The summed E-state index contributed by atoms with van der Waals surface area (Å²) in [6.45, 7) is 8.48. The topological polar surface area (TPSA) is 24.5 Å². The van der Waals surface area contributed by atoms with Crippen LogP contribution in [0.2, 0.25) is 0 Å². The predicted octanol–water partition coefficient (Wildman–Crippen LogP) is 3.61. The zero-order chi connectivity index (χ0) is 15.2. The Morgan fingerprint density at radius 1 is 1.24 bits per heavy atom. The Labute approximate surface area is 129 Å². The van der Waals surface area contributed by atoms with Crippen molar-refractivity contribution in [2.45, 2.75) is 58.2 Å². The van der Waals surface area contributed by atoms with E-state index in [0.717, 1.165) is 31.4 Å². The van der Waals surface area contributed by atoms with E-state index in [1.165, 1.54) is 18.4 Å². The van der Waals surface area contributed by atoms with E-state index in [1.54, 1.807) is 0 Å². The number of hydrogen-bond donors (Lipinski definition) is 1. The van der Waals surface area contributed by atoms with Gasteiger partial charge in [0.05, 0.1) is 6.61 Å². The van der Waals surface area contributed by atoms with Crippen LogP contribution in [0.15, 0.2) is 24.3 Å². The van der Waals surface area contributed by atoms with E-state index in [1.807, 2.05) is 0 Å². The van der Waals surface area contributed by atoms with Gasteiger partial charge in [-0.15, -0.1) is 0 Å². The molecule has 3 nitrogen and oxygen atoms in total. The molecule has 21 heavy (non-hydrogen) atoms. The Balaban J connectivity index is 1.77. The summed E-state index contributed by atoms with van der Waals surface area (Å²) in [5.41, 5.74) is 1.32. The number of rotatable bonds is 9. The molecule has 1 saturated carbocycles. The first-order valence-electron chi connectivity index (χ1n) is 8.30. The largest absolute Gasteiger partial charge is 0.494 e. The van der Waals surface area contributed by atoms with Gasteiger partial charge in [0.25, 0.3) is 0 Å². The van der Waals surface area contributed by atoms with Gasteiger partial charge in [-0.2, -0.15) is 0 Å². The molecule has 0 saturated heterocycles. The average molecular weight is 290 g/mol. The van der Waals surface area contributed by atoms with E-state index in [9.17, 15) is 0 Å². The highest BCUT2D eigenvalue weighted by Gasteiger charge is 2.28. The molecule has 1 fully saturated rings. The second-order valence-corrected chi connectivity index (χ2v) is 6.29. The highest BCUT2D eigenvalue weighted by atomic mass is 16.5.